The van der Waals surface area contributed by atoms with Crippen molar-refractivity contribution in [1.82, 2.24) is 0 Å². The molecular weight excluding hydrogens is 789 g/mol. The van der Waals surface area contributed by atoms with Gasteiger partial charge in [0.05, 0.1) is 6.61 Å². The van der Waals surface area contributed by atoms with E-state index >= 15 is 0 Å². The maximum absolute atomic E-state index is 12.8. The number of hydrogen-bond donors (Lipinski definition) is 0. The molecule has 5 nitrogen and oxygen atoms in total. The van der Waals surface area contributed by atoms with E-state index in [0.717, 1.165) is 70.6 Å². The van der Waals surface area contributed by atoms with Gasteiger partial charge in [0.25, 0.3) is 0 Å². The molecule has 0 fully saturated rings. The number of rotatable bonds is 51. The Morgan fingerprint density at radius 2 is 0.703 bits per heavy atom. The summed E-state index contributed by atoms with van der Waals surface area (Å²) in [5.74, 6) is -0.399. The molecule has 5 heteroatoms. The number of esters is 2. The Morgan fingerprint density at radius 3 is 1.16 bits per heavy atom. The number of unbranched alkanes of at least 4 members (excludes halogenated alkanes) is 30. The predicted molar refractivity (Wildman–Crippen MR) is 279 cm³/mol. The maximum atomic E-state index is 12.8. The van der Waals surface area contributed by atoms with Crippen molar-refractivity contribution in [2.75, 3.05) is 19.8 Å². The molecular formula is C59H106O5. The summed E-state index contributed by atoms with van der Waals surface area (Å²) >= 11 is 0. The largest absolute Gasteiger partial charge is 0.462 e. The molecule has 0 saturated heterocycles. The molecule has 0 aliphatic heterocycles. The van der Waals surface area contributed by atoms with Gasteiger partial charge in [0.1, 0.15) is 6.61 Å². The van der Waals surface area contributed by atoms with Gasteiger partial charge in [0, 0.05) is 19.4 Å². The molecule has 0 rings (SSSR count). The van der Waals surface area contributed by atoms with Crippen LogP contribution < -0.4 is 0 Å². The zero-order valence-corrected chi connectivity index (χ0v) is 42.8. The Bertz CT molecular complexity index is 1100. The minimum atomic E-state index is -0.543. The molecule has 372 valence electrons. The molecule has 0 bridgehead atoms. The first-order valence-corrected chi connectivity index (χ1v) is 27.8. The van der Waals surface area contributed by atoms with Gasteiger partial charge in [-0.3, -0.25) is 9.59 Å². The highest BCUT2D eigenvalue weighted by molar-refractivity contribution is 5.70. The van der Waals surface area contributed by atoms with E-state index in [9.17, 15) is 9.59 Å². The van der Waals surface area contributed by atoms with Crippen LogP contribution in [0.5, 0.6) is 0 Å². The van der Waals surface area contributed by atoms with Gasteiger partial charge in [0.2, 0.25) is 0 Å². The molecule has 0 heterocycles. The van der Waals surface area contributed by atoms with Gasteiger partial charge in [-0.15, -0.1) is 0 Å². The van der Waals surface area contributed by atoms with Crippen LogP contribution in [0.15, 0.2) is 60.8 Å². The monoisotopic (exact) mass is 895 g/mol. The van der Waals surface area contributed by atoms with E-state index in [1.807, 2.05) is 0 Å². The van der Waals surface area contributed by atoms with Crippen LogP contribution in [0, 0.1) is 0 Å². The van der Waals surface area contributed by atoms with Crippen LogP contribution in [-0.2, 0) is 23.8 Å². The molecule has 0 amide bonds. The van der Waals surface area contributed by atoms with Gasteiger partial charge in [-0.2, -0.15) is 0 Å². The van der Waals surface area contributed by atoms with Crippen LogP contribution in [0.4, 0.5) is 0 Å². The highest BCUT2D eigenvalue weighted by atomic mass is 16.6. The second-order valence-corrected chi connectivity index (χ2v) is 18.5. The molecule has 0 N–H and O–H groups in total. The standard InChI is InChI=1S/C59H106O5/c1-4-7-10-13-16-19-22-25-27-29-30-31-32-35-37-40-43-46-49-52-58(60)63-56-57(64-59(61)53-50-47-44-41-38-34-24-21-18-15-12-9-6-3)55-62-54-51-48-45-42-39-36-33-28-26-23-20-17-14-11-8-5-2/h8,11,16-17,19-20,25-28,57H,4-7,9-10,12-15,18,21-24,29-56H2,1-3H3/b11-8-,19-16-,20-17-,27-25-,28-26-. The summed E-state index contributed by atoms with van der Waals surface area (Å²) in [6, 6.07) is 0. The number of ether oxygens (including phenoxy) is 3. The Kier molecular flexibility index (Phi) is 52.9. The molecule has 64 heavy (non-hydrogen) atoms. The third-order valence-electron chi connectivity index (χ3n) is 12.0. The van der Waals surface area contributed by atoms with Crippen LogP contribution >= 0.6 is 0 Å². The second kappa shape index (κ2) is 54.9. The van der Waals surface area contributed by atoms with E-state index in [-0.39, 0.29) is 25.2 Å². The first kappa shape index (κ1) is 61.6. The second-order valence-electron chi connectivity index (χ2n) is 18.5. The average Bonchev–Trinajstić information content (AvgIpc) is 3.30. The van der Waals surface area contributed by atoms with Crippen molar-refractivity contribution in [2.45, 2.75) is 284 Å². The van der Waals surface area contributed by atoms with Gasteiger partial charge in [-0.25, -0.2) is 0 Å². The molecule has 0 spiro atoms. The van der Waals surface area contributed by atoms with Gasteiger partial charge >= 0.3 is 11.9 Å². The lowest BCUT2D eigenvalue weighted by molar-refractivity contribution is -0.163. The molecule has 0 aromatic heterocycles. The summed E-state index contributed by atoms with van der Waals surface area (Å²) in [5, 5.41) is 0. The fourth-order valence-electron chi connectivity index (χ4n) is 7.91. The summed E-state index contributed by atoms with van der Waals surface area (Å²) in [7, 11) is 0. The van der Waals surface area contributed by atoms with E-state index < -0.39 is 6.10 Å². The fourth-order valence-corrected chi connectivity index (χ4v) is 7.91. The minimum absolute atomic E-state index is 0.0795. The topological polar surface area (TPSA) is 61.8 Å². The zero-order valence-electron chi connectivity index (χ0n) is 42.8. The van der Waals surface area contributed by atoms with Crippen molar-refractivity contribution < 1.29 is 23.8 Å². The lowest BCUT2D eigenvalue weighted by Crippen LogP contribution is -2.30. The summed E-state index contributed by atoms with van der Waals surface area (Å²) in [6.07, 6.45) is 69.5. The lowest BCUT2D eigenvalue weighted by atomic mass is 10.0. The van der Waals surface area contributed by atoms with Crippen LogP contribution in [0.3, 0.4) is 0 Å². The average molecular weight is 895 g/mol. The SMILES string of the molecule is CC/C=C\C/C=C\C/C=C\CCCCCCCCOCC(COC(=O)CCCCCCCCCCC/C=C\C/C=C\CCCCC)OC(=O)CCCCCCCCCCCCCCC. The first-order chi connectivity index (χ1) is 31.6. The van der Waals surface area contributed by atoms with E-state index in [4.69, 9.17) is 14.2 Å². The Labute approximate surface area is 398 Å². The summed E-state index contributed by atoms with van der Waals surface area (Å²) in [6.45, 7) is 7.70. The van der Waals surface area contributed by atoms with E-state index in [2.05, 4.69) is 81.5 Å². The van der Waals surface area contributed by atoms with Gasteiger partial charge in [-0.05, 0) is 83.5 Å². The third kappa shape index (κ3) is 52.2. The smallest absolute Gasteiger partial charge is 0.306 e. The van der Waals surface area contributed by atoms with E-state index in [0.29, 0.717) is 19.4 Å². The maximum Gasteiger partial charge on any atom is 0.306 e. The van der Waals surface area contributed by atoms with Crippen LogP contribution in [-0.4, -0.2) is 37.9 Å². The van der Waals surface area contributed by atoms with Gasteiger partial charge in [-0.1, -0.05) is 242 Å². The van der Waals surface area contributed by atoms with Crippen molar-refractivity contribution in [1.29, 1.82) is 0 Å². The number of carbonyl (C=O) groups excluding carboxylic acids is 2. The zero-order chi connectivity index (χ0) is 46.3. The highest BCUT2D eigenvalue weighted by Gasteiger charge is 2.17. The summed E-state index contributed by atoms with van der Waals surface area (Å²) in [5.41, 5.74) is 0. The summed E-state index contributed by atoms with van der Waals surface area (Å²) in [4.78, 5) is 25.5. The Morgan fingerprint density at radius 1 is 0.359 bits per heavy atom. The van der Waals surface area contributed by atoms with Crippen LogP contribution in [0.1, 0.15) is 278 Å². The molecule has 0 radical (unpaired) electrons. The molecule has 0 aliphatic rings. The van der Waals surface area contributed by atoms with Crippen molar-refractivity contribution in [3.05, 3.63) is 60.8 Å². The molecule has 0 aromatic rings. The van der Waals surface area contributed by atoms with Crippen molar-refractivity contribution in [3.8, 4) is 0 Å². The number of carbonyl (C=O) groups is 2. The molecule has 0 aliphatic carbocycles. The van der Waals surface area contributed by atoms with E-state index in [1.54, 1.807) is 0 Å². The quantitative estimate of drug-likeness (QED) is 0.0346. The number of hydrogen-bond acceptors (Lipinski definition) is 5. The van der Waals surface area contributed by atoms with E-state index in [1.165, 1.54) is 173 Å². The first-order valence-electron chi connectivity index (χ1n) is 27.8. The highest BCUT2D eigenvalue weighted by Crippen LogP contribution is 2.15. The van der Waals surface area contributed by atoms with Gasteiger partial charge < -0.3 is 14.2 Å². The van der Waals surface area contributed by atoms with Crippen molar-refractivity contribution >= 4 is 11.9 Å². The third-order valence-corrected chi connectivity index (χ3v) is 12.0. The van der Waals surface area contributed by atoms with Gasteiger partial charge in [0.15, 0.2) is 6.10 Å². The molecule has 1 unspecified atom stereocenters. The Balaban J connectivity index is 4.25. The summed E-state index contributed by atoms with van der Waals surface area (Å²) < 4.78 is 17.4. The predicted octanol–water partition coefficient (Wildman–Crippen LogP) is 18.9. The molecule has 1 atom stereocenters. The fraction of sp³-hybridized carbons (Fsp3) is 0.797. The van der Waals surface area contributed by atoms with Crippen molar-refractivity contribution in [3.63, 3.8) is 0 Å². The van der Waals surface area contributed by atoms with Crippen LogP contribution in [0.2, 0.25) is 0 Å². The minimum Gasteiger partial charge on any atom is -0.462 e. The number of allylic oxidation sites excluding steroid dienone is 10. The Hall–Kier alpha value is -2.40. The molecule has 0 saturated carbocycles. The molecule has 0 aromatic carbocycles. The van der Waals surface area contributed by atoms with Crippen LogP contribution in [0.25, 0.3) is 0 Å². The van der Waals surface area contributed by atoms with Crippen molar-refractivity contribution in [2.24, 2.45) is 0 Å². The normalized spacial score (nSPS) is 12.6. The lowest BCUT2D eigenvalue weighted by Gasteiger charge is -2.18.